The number of nitro benzene ring substituents is 1. The third kappa shape index (κ3) is 5.01. The van der Waals surface area contributed by atoms with Crippen LogP contribution in [-0.2, 0) is 6.54 Å². The molecule has 1 fully saturated rings. The third-order valence-electron chi connectivity index (χ3n) is 4.72. The number of nitrogens with one attached hydrogen (secondary N) is 2. The molecule has 0 saturated heterocycles. The van der Waals surface area contributed by atoms with Gasteiger partial charge in [-0.25, -0.2) is 0 Å². The van der Waals surface area contributed by atoms with E-state index < -0.39 is 4.92 Å². The van der Waals surface area contributed by atoms with Gasteiger partial charge in [-0.1, -0.05) is 0 Å². The molecule has 1 aliphatic rings. The number of anilines is 1. The highest BCUT2D eigenvalue weighted by atomic mass is 16.6. The number of aliphatic hydroxyl groups is 1. The number of hydrogen-bond donors (Lipinski definition) is 3. The SMILES string of the molecule is O=C(NCc1ccncc1)c1cc([N+](=O)[O-])ccc1N[C@H]1CC[C@H](O)CC1. The Morgan fingerprint density at radius 2 is 1.89 bits per heavy atom. The average molecular weight is 370 g/mol. The first-order valence-corrected chi connectivity index (χ1v) is 8.93. The Balaban J connectivity index is 1.76. The van der Waals surface area contributed by atoms with Crippen molar-refractivity contribution in [2.24, 2.45) is 0 Å². The molecular weight excluding hydrogens is 348 g/mol. The van der Waals surface area contributed by atoms with Gasteiger partial charge in [0.25, 0.3) is 11.6 Å². The van der Waals surface area contributed by atoms with E-state index in [0.29, 0.717) is 25.1 Å². The summed E-state index contributed by atoms with van der Waals surface area (Å²) in [5, 5.41) is 26.9. The Hall–Kier alpha value is -3.00. The second kappa shape index (κ2) is 8.59. The molecule has 8 heteroatoms. The second-order valence-corrected chi connectivity index (χ2v) is 6.67. The highest BCUT2D eigenvalue weighted by molar-refractivity contribution is 6.00. The van der Waals surface area contributed by atoms with Gasteiger partial charge in [0.2, 0.25) is 0 Å². The van der Waals surface area contributed by atoms with Crippen molar-refractivity contribution in [3.05, 3.63) is 64.0 Å². The van der Waals surface area contributed by atoms with Crippen molar-refractivity contribution in [1.29, 1.82) is 0 Å². The van der Waals surface area contributed by atoms with Gasteiger partial charge in [-0.2, -0.15) is 0 Å². The summed E-state index contributed by atoms with van der Waals surface area (Å²) in [6.45, 7) is 0.305. The molecule has 0 aliphatic heterocycles. The van der Waals surface area contributed by atoms with Gasteiger partial charge >= 0.3 is 0 Å². The van der Waals surface area contributed by atoms with E-state index in [1.165, 1.54) is 12.1 Å². The van der Waals surface area contributed by atoms with E-state index in [1.807, 2.05) is 0 Å². The van der Waals surface area contributed by atoms with Gasteiger partial charge < -0.3 is 15.7 Å². The van der Waals surface area contributed by atoms with Crippen LogP contribution in [0.1, 0.15) is 41.6 Å². The molecule has 1 heterocycles. The summed E-state index contributed by atoms with van der Waals surface area (Å²) in [5.41, 5.74) is 1.56. The van der Waals surface area contributed by atoms with Crippen LogP contribution < -0.4 is 10.6 Å². The van der Waals surface area contributed by atoms with Crippen LogP contribution >= 0.6 is 0 Å². The van der Waals surface area contributed by atoms with E-state index in [0.717, 1.165) is 18.4 Å². The van der Waals surface area contributed by atoms with Crippen LogP contribution in [0, 0.1) is 10.1 Å². The van der Waals surface area contributed by atoms with Crippen molar-refractivity contribution in [2.75, 3.05) is 5.32 Å². The number of amides is 1. The van der Waals surface area contributed by atoms with E-state index in [-0.39, 0.29) is 29.3 Å². The minimum atomic E-state index is -0.514. The van der Waals surface area contributed by atoms with Gasteiger partial charge in [0.1, 0.15) is 0 Å². The first kappa shape index (κ1) is 18.8. The summed E-state index contributed by atoms with van der Waals surface area (Å²) in [4.78, 5) is 27.2. The van der Waals surface area contributed by atoms with Crippen LogP contribution in [0.4, 0.5) is 11.4 Å². The fourth-order valence-electron chi connectivity index (χ4n) is 3.18. The number of nitro groups is 1. The molecule has 1 saturated carbocycles. The van der Waals surface area contributed by atoms with Crippen molar-refractivity contribution in [2.45, 2.75) is 44.4 Å². The van der Waals surface area contributed by atoms with Crippen molar-refractivity contribution in [3.63, 3.8) is 0 Å². The molecule has 142 valence electrons. The number of benzene rings is 1. The predicted octanol–water partition coefficient (Wildman–Crippen LogP) is 2.64. The number of nitrogens with zero attached hydrogens (tertiary/aromatic N) is 2. The largest absolute Gasteiger partial charge is 0.393 e. The zero-order valence-electron chi connectivity index (χ0n) is 14.8. The summed E-state index contributed by atoms with van der Waals surface area (Å²) in [5.74, 6) is -0.381. The second-order valence-electron chi connectivity index (χ2n) is 6.67. The van der Waals surface area contributed by atoms with Gasteiger partial charge in [-0.05, 0) is 49.4 Å². The molecule has 3 rings (SSSR count). The summed E-state index contributed by atoms with van der Waals surface area (Å²) < 4.78 is 0. The monoisotopic (exact) mass is 370 g/mol. The van der Waals surface area contributed by atoms with E-state index in [4.69, 9.17) is 0 Å². The number of carbonyl (C=O) groups excluding carboxylic acids is 1. The molecule has 0 bridgehead atoms. The fraction of sp³-hybridized carbons (Fsp3) is 0.368. The molecule has 1 amide bonds. The normalized spacial score (nSPS) is 19.3. The first-order valence-electron chi connectivity index (χ1n) is 8.93. The Kier molecular flexibility index (Phi) is 5.97. The first-order chi connectivity index (χ1) is 13.0. The van der Waals surface area contributed by atoms with Gasteiger partial charge in [-0.15, -0.1) is 0 Å². The fourth-order valence-corrected chi connectivity index (χ4v) is 3.18. The van der Waals surface area contributed by atoms with E-state index in [1.54, 1.807) is 30.6 Å². The lowest BCUT2D eigenvalue weighted by molar-refractivity contribution is -0.384. The van der Waals surface area contributed by atoms with Gasteiger partial charge in [0.05, 0.1) is 16.6 Å². The Bertz CT molecular complexity index is 805. The molecule has 0 atom stereocenters. The van der Waals surface area contributed by atoms with Gasteiger partial charge in [-0.3, -0.25) is 19.9 Å². The Labute approximate surface area is 156 Å². The molecule has 0 spiro atoms. The molecule has 0 unspecified atom stereocenters. The van der Waals surface area contributed by atoms with Crippen LogP contribution in [0.2, 0.25) is 0 Å². The standard InChI is InChI=1S/C19H22N4O4/c24-16-4-1-14(2-5-16)22-18-6-3-15(23(26)27)11-17(18)19(25)21-12-13-7-9-20-10-8-13/h3,6-11,14,16,22,24H,1-2,4-5,12H2,(H,21,25)/t14-,16-. The molecule has 2 aromatic rings. The van der Waals surface area contributed by atoms with Crippen LogP contribution in [0.3, 0.4) is 0 Å². The Morgan fingerprint density at radius 3 is 2.56 bits per heavy atom. The molecule has 1 aromatic heterocycles. The summed E-state index contributed by atoms with van der Waals surface area (Å²) in [7, 11) is 0. The minimum absolute atomic E-state index is 0.126. The predicted molar refractivity (Wildman–Crippen MR) is 100 cm³/mol. The van der Waals surface area contributed by atoms with Crippen molar-refractivity contribution < 1.29 is 14.8 Å². The lowest BCUT2D eigenvalue weighted by atomic mass is 9.92. The minimum Gasteiger partial charge on any atom is -0.393 e. The molecule has 3 N–H and O–H groups in total. The zero-order chi connectivity index (χ0) is 19.2. The maximum Gasteiger partial charge on any atom is 0.270 e. The number of pyridine rings is 1. The number of hydrogen-bond acceptors (Lipinski definition) is 6. The number of carbonyl (C=O) groups is 1. The average Bonchev–Trinajstić information content (AvgIpc) is 2.69. The molecule has 1 aliphatic carbocycles. The van der Waals surface area contributed by atoms with E-state index in [9.17, 15) is 20.0 Å². The van der Waals surface area contributed by atoms with Gasteiger partial charge in [0, 0.05) is 42.8 Å². The molecule has 0 radical (unpaired) electrons. The van der Waals surface area contributed by atoms with Crippen LogP contribution in [-0.4, -0.2) is 33.1 Å². The number of rotatable bonds is 6. The van der Waals surface area contributed by atoms with E-state index in [2.05, 4.69) is 15.6 Å². The zero-order valence-corrected chi connectivity index (χ0v) is 14.8. The number of non-ortho nitro benzene ring substituents is 1. The highest BCUT2D eigenvalue weighted by Gasteiger charge is 2.22. The van der Waals surface area contributed by atoms with Crippen LogP contribution in [0.5, 0.6) is 0 Å². The smallest absolute Gasteiger partial charge is 0.270 e. The van der Waals surface area contributed by atoms with Crippen LogP contribution in [0.25, 0.3) is 0 Å². The molecular formula is C19H22N4O4. The summed E-state index contributed by atoms with van der Waals surface area (Å²) >= 11 is 0. The lowest BCUT2D eigenvalue weighted by Crippen LogP contribution is -2.30. The quantitative estimate of drug-likeness (QED) is 0.531. The molecule has 1 aromatic carbocycles. The maximum absolute atomic E-state index is 12.7. The lowest BCUT2D eigenvalue weighted by Gasteiger charge is -2.27. The summed E-state index contributed by atoms with van der Waals surface area (Å²) in [6, 6.07) is 7.97. The van der Waals surface area contributed by atoms with Gasteiger partial charge in [0.15, 0.2) is 0 Å². The van der Waals surface area contributed by atoms with Crippen LogP contribution in [0.15, 0.2) is 42.7 Å². The molecule has 8 nitrogen and oxygen atoms in total. The third-order valence-corrected chi connectivity index (χ3v) is 4.72. The van der Waals surface area contributed by atoms with Crippen molar-refractivity contribution >= 4 is 17.3 Å². The Morgan fingerprint density at radius 1 is 1.19 bits per heavy atom. The van der Waals surface area contributed by atoms with Crippen molar-refractivity contribution in [1.82, 2.24) is 10.3 Å². The maximum atomic E-state index is 12.7. The number of aromatic nitrogens is 1. The van der Waals surface area contributed by atoms with Crippen molar-refractivity contribution in [3.8, 4) is 0 Å². The number of aliphatic hydroxyl groups excluding tert-OH is 1. The van der Waals surface area contributed by atoms with E-state index >= 15 is 0 Å². The summed E-state index contributed by atoms with van der Waals surface area (Å²) in [6.07, 6.45) is 5.98. The highest BCUT2D eigenvalue weighted by Crippen LogP contribution is 2.27. The molecule has 27 heavy (non-hydrogen) atoms. The topological polar surface area (TPSA) is 117 Å².